The molecule has 0 unspecified atom stereocenters. The number of hydrogen-bond acceptors (Lipinski definition) is 5. The number of methoxy groups -OCH3 is 2. The average Bonchev–Trinajstić information content (AvgIpc) is 2.62. The predicted octanol–water partition coefficient (Wildman–Crippen LogP) is 2.68. The minimum atomic E-state index is -0.544. The largest absolute Gasteiger partial charge is 0.497 e. The van der Waals surface area contributed by atoms with Crippen LogP contribution in [0.5, 0.6) is 17.2 Å². The molecule has 0 aliphatic carbocycles. The van der Waals surface area contributed by atoms with E-state index in [1.165, 1.54) is 14.2 Å². The van der Waals surface area contributed by atoms with Gasteiger partial charge in [0, 0.05) is 17.3 Å². The van der Waals surface area contributed by atoms with Gasteiger partial charge < -0.3 is 24.8 Å². The van der Waals surface area contributed by atoms with Gasteiger partial charge in [-0.25, -0.2) is 0 Å². The number of carbonyl (C=O) groups is 2. The summed E-state index contributed by atoms with van der Waals surface area (Å²) in [5, 5.41) is 5.52. The number of amides is 2. The number of fused-ring (bicyclic) bond motifs is 1. The van der Waals surface area contributed by atoms with E-state index in [1.807, 2.05) is 0 Å². The summed E-state index contributed by atoms with van der Waals surface area (Å²) in [6.07, 6.45) is -0.544. The maximum absolute atomic E-state index is 12.5. The van der Waals surface area contributed by atoms with Crippen molar-refractivity contribution in [3.8, 4) is 17.2 Å². The van der Waals surface area contributed by atoms with Gasteiger partial charge in [-0.2, -0.15) is 0 Å². The number of rotatable bonds is 4. The van der Waals surface area contributed by atoms with Crippen molar-refractivity contribution >= 4 is 23.2 Å². The van der Waals surface area contributed by atoms with Crippen LogP contribution < -0.4 is 24.8 Å². The van der Waals surface area contributed by atoms with E-state index >= 15 is 0 Å². The second kappa shape index (κ2) is 6.72. The average molecular weight is 342 g/mol. The second-order valence-electron chi connectivity index (χ2n) is 5.52. The second-order valence-corrected chi connectivity index (χ2v) is 5.52. The standard InChI is InChI=1S/C18H18N2O5/c1-10-17(21)20-15-8-12(4-5-16(15)25-10)19-18(22)11-6-13(23-2)9-14(7-11)24-3/h4-10H,1-3H3,(H,19,22)(H,20,21)/t10-/m1/s1. The quantitative estimate of drug-likeness (QED) is 0.892. The van der Waals surface area contributed by atoms with Crippen molar-refractivity contribution in [3.63, 3.8) is 0 Å². The molecule has 130 valence electrons. The van der Waals surface area contributed by atoms with Gasteiger partial charge in [-0.05, 0) is 37.3 Å². The van der Waals surface area contributed by atoms with Crippen molar-refractivity contribution in [2.75, 3.05) is 24.9 Å². The first-order valence-electron chi connectivity index (χ1n) is 7.66. The summed E-state index contributed by atoms with van der Waals surface area (Å²) in [4.78, 5) is 24.2. The Kier molecular flexibility index (Phi) is 4.47. The van der Waals surface area contributed by atoms with Crippen LogP contribution in [0.15, 0.2) is 36.4 Å². The third-order valence-electron chi connectivity index (χ3n) is 3.78. The molecule has 0 spiro atoms. The van der Waals surface area contributed by atoms with Crippen LogP contribution in [-0.2, 0) is 4.79 Å². The van der Waals surface area contributed by atoms with E-state index in [2.05, 4.69) is 10.6 Å². The van der Waals surface area contributed by atoms with Crippen molar-refractivity contribution in [1.29, 1.82) is 0 Å². The fourth-order valence-corrected chi connectivity index (χ4v) is 2.43. The molecular weight excluding hydrogens is 324 g/mol. The molecule has 2 N–H and O–H groups in total. The molecule has 0 bridgehead atoms. The summed E-state index contributed by atoms with van der Waals surface area (Å²) >= 11 is 0. The van der Waals surface area contributed by atoms with Crippen molar-refractivity contribution in [2.24, 2.45) is 0 Å². The zero-order chi connectivity index (χ0) is 18.0. The van der Waals surface area contributed by atoms with Gasteiger partial charge >= 0.3 is 0 Å². The normalized spacial score (nSPS) is 15.5. The lowest BCUT2D eigenvalue weighted by Crippen LogP contribution is -2.34. The molecular formula is C18H18N2O5. The molecule has 0 radical (unpaired) electrons. The molecule has 2 aromatic carbocycles. The molecule has 3 rings (SSSR count). The molecule has 0 aromatic heterocycles. The summed E-state index contributed by atoms with van der Waals surface area (Å²) in [5.41, 5.74) is 1.44. The van der Waals surface area contributed by atoms with E-state index in [9.17, 15) is 9.59 Å². The minimum Gasteiger partial charge on any atom is -0.497 e. The first-order chi connectivity index (χ1) is 12.0. The minimum absolute atomic E-state index is 0.228. The van der Waals surface area contributed by atoms with E-state index in [0.29, 0.717) is 34.2 Å². The Bertz CT molecular complexity index is 812. The highest BCUT2D eigenvalue weighted by atomic mass is 16.5. The molecule has 0 fully saturated rings. The molecule has 1 heterocycles. The summed E-state index contributed by atoms with van der Waals surface area (Å²) in [6.45, 7) is 1.67. The highest BCUT2D eigenvalue weighted by Crippen LogP contribution is 2.32. The van der Waals surface area contributed by atoms with Crippen molar-refractivity contribution in [2.45, 2.75) is 13.0 Å². The monoisotopic (exact) mass is 342 g/mol. The van der Waals surface area contributed by atoms with E-state index in [0.717, 1.165) is 0 Å². The first kappa shape index (κ1) is 16.6. The molecule has 0 saturated carbocycles. The molecule has 1 aliphatic heterocycles. The Balaban J connectivity index is 1.82. The molecule has 2 amide bonds. The fraction of sp³-hybridized carbons (Fsp3) is 0.222. The SMILES string of the molecule is COc1cc(OC)cc(C(=O)Nc2ccc3c(c2)NC(=O)[C@@H](C)O3)c1. The van der Waals surface area contributed by atoms with Gasteiger partial charge in [0.1, 0.15) is 17.2 Å². The highest BCUT2D eigenvalue weighted by Gasteiger charge is 2.23. The van der Waals surface area contributed by atoms with Gasteiger partial charge in [0.05, 0.1) is 19.9 Å². The van der Waals surface area contributed by atoms with Crippen LogP contribution in [-0.4, -0.2) is 32.1 Å². The summed E-state index contributed by atoms with van der Waals surface area (Å²) in [6, 6.07) is 9.97. The summed E-state index contributed by atoms with van der Waals surface area (Å²) in [5.74, 6) is 1.05. The molecule has 7 nitrogen and oxygen atoms in total. The van der Waals surface area contributed by atoms with Gasteiger partial charge in [-0.15, -0.1) is 0 Å². The maximum Gasteiger partial charge on any atom is 0.265 e. The predicted molar refractivity (Wildman–Crippen MR) is 92.7 cm³/mol. The third-order valence-corrected chi connectivity index (χ3v) is 3.78. The molecule has 2 aromatic rings. The zero-order valence-electron chi connectivity index (χ0n) is 14.1. The van der Waals surface area contributed by atoms with Crippen molar-refractivity contribution in [3.05, 3.63) is 42.0 Å². The maximum atomic E-state index is 12.5. The van der Waals surface area contributed by atoms with Gasteiger partial charge in [0.25, 0.3) is 11.8 Å². The smallest absolute Gasteiger partial charge is 0.265 e. The van der Waals surface area contributed by atoms with Crippen molar-refractivity contribution in [1.82, 2.24) is 0 Å². The number of hydrogen-bond donors (Lipinski definition) is 2. The third kappa shape index (κ3) is 3.50. The molecule has 1 atom stereocenters. The number of benzene rings is 2. The fourth-order valence-electron chi connectivity index (χ4n) is 2.43. The first-order valence-corrected chi connectivity index (χ1v) is 7.66. The number of anilines is 2. The molecule has 25 heavy (non-hydrogen) atoms. The van der Waals surface area contributed by atoms with Crippen LogP contribution in [0.4, 0.5) is 11.4 Å². The topological polar surface area (TPSA) is 85.9 Å². The lowest BCUT2D eigenvalue weighted by molar-refractivity contribution is -0.122. The lowest BCUT2D eigenvalue weighted by Gasteiger charge is -2.23. The Labute approximate surface area is 144 Å². The highest BCUT2D eigenvalue weighted by molar-refractivity contribution is 6.05. The Morgan fingerprint density at radius 3 is 2.44 bits per heavy atom. The Morgan fingerprint density at radius 1 is 1.12 bits per heavy atom. The van der Waals surface area contributed by atoms with Crippen LogP contribution in [0.25, 0.3) is 0 Å². The van der Waals surface area contributed by atoms with Crippen molar-refractivity contribution < 1.29 is 23.8 Å². The Morgan fingerprint density at radius 2 is 1.80 bits per heavy atom. The molecule has 1 aliphatic rings. The van der Waals surface area contributed by atoms with Crippen LogP contribution in [0.2, 0.25) is 0 Å². The van der Waals surface area contributed by atoms with Gasteiger partial charge in [-0.1, -0.05) is 0 Å². The van der Waals surface area contributed by atoms with Gasteiger partial charge in [0.2, 0.25) is 0 Å². The van der Waals surface area contributed by atoms with E-state index in [1.54, 1.807) is 43.3 Å². The zero-order valence-corrected chi connectivity index (χ0v) is 14.1. The molecule has 0 saturated heterocycles. The number of nitrogens with one attached hydrogen (secondary N) is 2. The summed E-state index contributed by atoms with van der Waals surface area (Å²) < 4.78 is 15.8. The lowest BCUT2D eigenvalue weighted by atomic mass is 10.1. The van der Waals surface area contributed by atoms with E-state index in [-0.39, 0.29) is 11.8 Å². The molecule has 7 heteroatoms. The van der Waals surface area contributed by atoms with E-state index in [4.69, 9.17) is 14.2 Å². The number of carbonyl (C=O) groups excluding carboxylic acids is 2. The number of ether oxygens (including phenoxy) is 3. The van der Waals surface area contributed by atoms with Gasteiger partial charge in [0.15, 0.2) is 6.10 Å². The Hall–Kier alpha value is -3.22. The van der Waals surface area contributed by atoms with Crippen LogP contribution in [0.3, 0.4) is 0 Å². The van der Waals surface area contributed by atoms with Gasteiger partial charge in [-0.3, -0.25) is 9.59 Å². The van der Waals surface area contributed by atoms with Crippen LogP contribution in [0.1, 0.15) is 17.3 Å². The summed E-state index contributed by atoms with van der Waals surface area (Å²) in [7, 11) is 3.03. The van der Waals surface area contributed by atoms with Crippen LogP contribution >= 0.6 is 0 Å². The van der Waals surface area contributed by atoms with Crippen LogP contribution in [0, 0.1) is 0 Å². The van der Waals surface area contributed by atoms with E-state index < -0.39 is 6.10 Å².